The van der Waals surface area contributed by atoms with Crippen LogP contribution in [0.2, 0.25) is 0 Å². The first-order chi connectivity index (χ1) is 10.4. The molecule has 4 nitrogen and oxygen atoms in total. The van der Waals surface area contributed by atoms with Crippen LogP contribution in [0.25, 0.3) is 0 Å². The maximum atomic E-state index is 12.7. The molecule has 118 valence electrons. The van der Waals surface area contributed by atoms with Crippen LogP contribution in [0.3, 0.4) is 0 Å². The average molecular weight is 310 g/mol. The van der Waals surface area contributed by atoms with Gasteiger partial charge in [0.25, 0.3) is 0 Å². The zero-order valence-electron chi connectivity index (χ0n) is 12.3. The zero-order chi connectivity index (χ0) is 16.2. The molecule has 0 aliphatic rings. The van der Waals surface area contributed by atoms with Crippen molar-refractivity contribution >= 4 is 5.82 Å². The molecule has 7 heteroatoms. The highest BCUT2D eigenvalue weighted by molar-refractivity contribution is 5.39. The quantitative estimate of drug-likeness (QED) is 0.921. The predicted octanol–water partition coefficient (Wildman–Crippen LogP) is 3.21. The number of likely N-dealkylation sites (N-methyl/N-ethyl adjacent to an activating group) is 1. The van der Waals surface area contributed by atoms with E-state index < -0.39 is 11.7 Å². The Morgan fingerprint density at radius 3 is 2.59 bits per heavy atom. The fourth-order valence-electron chi connectivity index (χ4n) is 2.08. The number of pyridine rings is 2. The lowest BCUT2D eigenvalue weighted by molar-refractivity contribution is -0.137. The summed E-state index contributed by atoms with van der Waals surface area (Å²) in [6, 6.07) is 5.70. The van der Waals surface area contributed by atoms with Gasteiger partial charge in [-0.25, -0.2) is 4.98 Å². The molecule has 0 aliphatic carbocycles. The summed E-state index contributed by atoms with van der Waals surface area (Å²) in [5.41, 5.74) is 0.264. The highest BCUT2D eigenvalue weighted by Crippen LogP contribution is 2.30. The van der Waals surface area contributed by atoms with E-state index in [-0.39, 0.29) is 11.9 Å². The van der Waals surface area contributed by atoms with Gasteiger partial charge >= 0.3 is 6.18 Å². The first kappa shape index (κ1) is 16.2. The number of halogens is 3. The van der Waals surface area contributed by atoms with Crippen molar-refractivity contribution in [2.75, 3.05) is 26.0 Å². The summed E-state index contributed by atoms with van der Waals surface area (Å²) in [5.74, 6) is 0.200. The molecule has 2 aromatic heterocycles. The van der Waals surface area contributed by atoms with E-state index in [0.29, 0.717) is 6.54 Å². The lowest BCUT2D eigenvalue weighted by atomic mass is 10.1. The summed E-state index contributed by atoms with van der Waals surface area (Å²) in [5, 5.41) is 2.96. The van der Waals surface area contributed by atoms with Crippen LogP contribution < -0.4 is 5.32 Å². The maximum absolute atomic E-state index is 12.7. The minimum absolute atomic E-state index is 0.0231. The highest BCUT2D eigenvalue weighted by Gasteiger charge is 2.30. The second-order valence-electron chi connectivity index (χ2n) is 5.07. The standard InChI is InChI=1S/C15H17F3N4/c1-22(2)13(11-4-3-6-19-9-11)10-21-14-8-12(5-7-20-14)15(16,17)18/h3-9,13H,10H2,1-2H3,(H,20,21). The van der Waals surface area contributed by atoms with E-state index in [1.165, 1.54) is 0 Å². The molecule has 1 unspecified atom stereocenters. The minimum atomic E-state index is -4.37. The maximum Gasteiger partial charge on any atom is 0.416 e. The number of nitrogens with zero attached hydrogens (tertiary/aromatic N) is 3. The number of hydrogen-bond acceptors (Lipinski definition) is 4. The van der Waals surface area contributed by atoms with Gasteiger partial charge in [0, 0.05) is 25.1 Å². The van der Waals surface area contributed by atoms with E-state index in [0.717, 1.165) is 23.9 Å². The molecule has 22 heavy (non-hydrogen) atoms. The van der Waals surface area contributed by atoms with E-state index in [2.05, 4.69) is 15.3 Å². The smallest absolute Gasteiger partial charge is 0.368 e. The molecule has 0 aromatic carbocycles. The van der Waals surface area contributed by atoms with E-state index in [9.17, 15) is 13.2 Å². The van der Waals surface area contributed by atoms with Gasteiger partial charge in [-0.3, -0.25) is 4.98 Å². The molecular formula is C15H17F3N4. The van der Waals surface area contributed by atoms with Gasteiger partial charge in [-0.1, -0.05) is 6.07 Å². The number of alkyl halides is 3. The van der Waals surface area contributed by atoms with Crippen LogP contribution in [0.1, 0.15) is 17.2 Å². The van der Waals surface area contributed by atoms with E-state index >= 15 is 0 Å². The van der Waals surface area contributed by atoms with Crippen LogP contribution in [0.4, 0.5) is 19.0 Å². The van der Waals surface area contributed by atoms with Gasteiger partial charge in [0.05, 0.1) is 11.6 Å². The fourth-order valence-corrected chi connectivity index (χ4v) is 2.08. The van der Waals surface area contributed by atoms with Crippen LogP contribution in [0.5, 0.6) is 0 Å². The van der Waals surface area contributed by atoms with Crippen molar-refractivity contribution in [3.05, 3.63) is 54.0 Å². The van der Waals surface area contributed by atoms with Crippen LogP contribution in [-0.2, 0) is 6.18 Å². The summed E-state index contributed by atoms with van der Waals surface area (Å²) in [6.07, 6.45) is 0.202. The molecule has 0 saturated heterocycles. The lowest BCUT2D eigenvalue weighted by Gasteiger charge is -2.25. The second-order valence-corrected chi connectivity index (χ2v) is 5.07. The van der Waals surface area contributed by atoms with Gasteiger partial charge in [0.2, 0.25) is 0 Å². The summed E-state index contributed by atoms with van der Waals surface area (Å²) in [6.45, 7) is 0.424. The predicted molar refractivity (Wildman–Crippen MR) is 78.4 cm³/mol. The Labute approximate surface area is 127 Å². The third kappa shape index (κ3) is 4.17. The highest BCUT2D eigenvalue weighted by atomic mass is 19.4. The van der Waals surface area contributed by atoms with Crippen molar-refractivity contribution in [1.82, 2.24) is 14.9 Å². The molecule has 0 spiro atoms. The molecular weight excluding hydrogens is 293 g/mol. The van der Waals surface area contributed by atoms with E-state index in [1.54, 1.807) is 12.4 Å². The van der Waals surface area contributed by atoms with Crippen LogP contribution in [0, 0.1) is 0 Å². The number of anilines is 1. The van der Waals surface area contributed by atoms with Crippen LogP contribution >= 0.6 is 0 Å². The van der Waals surface area contributed by atoms with Crippen molar-refractivity contribution < 1.29 is 13.2 Å². The lowest BCUT2D eigenvalue weighted by Crippen LogP contribution is -2.27. The van der Waals surface area contributed by atoms with Crippen LogP contribution in [-0.4, -0.2) is 35.5 Å². The van der Waals surface area contributed by atoms with Crippen molar-refractivity contribution in [2.24, 2.45) is 0 Å². The molecule has 0 amide bonds. The summed E-state index contributed by atoms with van der Waals surface area (Å²) >= 11 is 0. The molecule has 2 heterocycles. The minimum Gasteiger partial charge on any atom is -0.368 e. The molecule has 2 rings (SSSR count). The van der Waals surface area contributed by atoms with Gasteiger partial charge in [-0.05, 0) is 37.9 Å². The van der Waals surface area contributed by atoms with Gasteiger partial charge in [0.1, 0.15) is 5.82 Å². The number of hydrogen-bond donors (Lipinski definition) is 1. The van der Waals surface area contributed by atoms with Gasteiger partial charge in [-0.15, -0.1) is 0 Å². The fraction of sp³-hybridized carbons (Fsp3) is 0.333. The third-order valence-electron chi connectivity index (χ3n) is 3.26. The monoisotopic (exact) mass is 310 g/mol. The largest absolute Gasteiger partial charge is 0.416 e. The van der Waals surface area contributed by atoms with E-state index in [4.69, 9.17) is 0 Å². The molecule has 0 bridgehead atoms. The molecule has 0 fully saturated rings. The summed E-state index contributed by atoms with van der Waals surface area (Å²) in [7, 11) is 3.80. The first-order valence-corrected chi connectivity index (χ1v) is 6.71. The van der Waals surface area contributed by atoms with Crippen molar-refractivity contribution in [2.45, 2.75) is 12.2 Å². The summed E-state index contributed by atoms with van der Waals surface area (Å²) < 4.78 is 38.1. The number of rotatable bonds is 5. The molecule has 2 aromatic rings. The summed E-state index contributed by atoms with van der Waals surface area (Å²) in [4.78, 5) is 9.97. The Morgan fingerprint density at radius 2 is 2.00 bits per heavy atom. The SMILES string of the molecule is CN(C)C(CNc1cc(C(F)(F)F)ccn1)c1cccnc1. The van der Waals surface area contributed by atoms with Crippen molar-refractivity contribution in [3.63, 3.8) is 0 Å². The number of aromatic nitrogens is 2. The Balaban J connectivity index is 2.11. The number of nitrogens with one attached hydrogen (secondary N) is 1. The Bertz CT molecular complexity index is 599. The normalized spacial score (nSPS) is 13.2. The molecule has 1 N–H and O–H groups in total. The topological polar surface area (TPSA) is 41.0 Å². The third-order valence-corrected chi connectivity index (χ3v) is 3.26. The Kier molecular flexibility index (Phi) is 4.97. The van der Waals surface area contributed by atoms with Gasteiger partial charge in [0.15, 0.2) is 0 Å². The average Bonchev–Trinajstić information content (AvgIpc) is 2.48. The van der Waals surface area contributed by atoms with Gasteiger partial charge < -0.3 is 10.2 Å². The van der Waals surface area contributed by atoms with Crippen molar-refractivity contribution in [3.8, 4) is 0 Å². The Hall–Kier alpha value is -2.15. The van der Waals surface area contributed by atoms with E-state index in [1.807, 2.05) is 31.1 Å². The Morgan fingerprint density at radius 1 is 1.23 bits per heavy atom. The molecule has 0 saturated carbocycles. The molecule has 0 radical (unpaired) electrons. The second kappa shape index (κ2) is 6.74. The molecule has 1 atom stereocenters. The van der Waals surface area contributed by atoms with Crippen LogP contribution in [0.15, 0.2) is 42.9 Å². The van der Waals surface area contributed by atoms with Gasteiger partial charge in [-0.2, -0.15) is 13.2 Å². The first-order valence-electron chi connectivity index (χ1n) is 6.71. The molecule has 0 aliphatic heterocycles. The van der Waals surface area contributed by atoms with Crippen molar-refractivity contribution in [1.29, 1.82) is 0 Å². The zero-order valence-corrected chi connectivity index (χ0v) is 12.3.